The number of nitrogens with zero attached hydrogens (tertiary/aromatic N) is 2. The number of rotatable bonds is 7. The van der Waals surface area contributed by atoms with Crippen LogP contribution in [-0.2, 0) is 4.74 Å². The predicted octanol–water partition coefficient (Wildman–Crippen LogP) is 3.66. The second-order valence-electron chi connectivity index (χ2n) is 7.11. The van der Waals surface area contributed by atoms with Crippen LogP contribution in [0.1, 0.15) is 44.5 Å². The number of hydrogen-bond acceptors (Lipinski definition) is 4. The third kappa shape index (κ3) is 5.35. The Morgan fingerprint density at radius 1 is 1.38 bits per heavy atom. The number of carbonyl (C=O) groups excluding carboxylic acids is 1. The first-order valence-corrected chi connectivity index (χ1v) is 8.93. The fourth-order valence-corrected chi connectivity index (χ4v) is 2.91. The van der Waals surface area contributed by atoms with E-state index in [9.17, 15) is 4.79 Å². The van der Waals surface area contributed by atoms with Gasteiger partial charge in [-0.2, -0.15) is 0 Å². The molecular weight excluding hydrogens is 328 g/mol. The smallest absolute Gasteiger partial charge is 0.255 e. The van der Waals surface area contributed by atoms with Gasteiger partial charge >= 0.3 is 0 Å². The van der Waals surface area contributed by atoms with Crippen LogP contribution in [0.25, 0.3) is 0 Å². The molecule has 0 radical (unpaired) electrons. The van der Waals surface area contributed by atoms with Crippen LogP contribution in [-0.4, -0.2) is 48.2 Å². The summed E-state index contributed by atoms with van der Waals surface area (Å²) in [6.07, 6.45) is 2.36. The summed E-state index contributed by atoms with van der Waals surface area (Å²) < 4.78 is 11.0. The Morgan fingerprint density at radius 2 is 2.04 bits per heavy atom. The standard InChI is InChI=1S/C18H27ClN2O3/c1-12(2)9-21(10-13(3)4)18(22)14-7-16(19)17(20-8-14)24-15-5-6-23-11-15/h7-8,12-13,15H,5-6,9-11H2,1-4H3. The maximum atomic E-state index is 12.8. The van der Waals surface area contributed by atoms with Gasteiger partial charge in [-0.05, 0) is 17.9 Å². The summed E-state index contributed by atoms with van der Waals surface area (Å²) in [5, 5.41) is 0.363. The molecule has 0 N–H and O–H groups in total. The maximum absolute atomic E-state index is 12.8. The molecule has 24 heavy (non-hydrogen) atoms. The molecule has 1 amide bonds. The number of ether oxygens (including phenoxy) is 2. The number of aromatic nitrogens is 1. The van der Waals surface area contributed by atoms with E-state index in [0.29, 0.717) is 54.6 Å². The molecule has 1 saturated heterocycles. The monoisotopic (exact) mass is 354 g/mol. The molecule has 1 aliphatic rings. The van der Waals surface area contributed by atoms with Crippen LogP contribution in [0, 0.1) is 11.8 Å². The molecule has 1 fully saturated rings. The second-order valence-corrected chi connectivity index (χ2v) is 7.52. The fourth-order valence-electron chi connectivity index (χ4n) is 2.70. The van der Waals surface area contributed by atoms with Gasteiger partial charge in [0.2, 0.25) is 5.88 Å². The zero-order chi connectivity index (χ0) is 17.7. The van der Waals surface area contributed by atoms with Gasteiger partial charge in [-0.25, -0.2) is 4.98 Å². The van der Waals surface area contributed by atoms with Gasteiger partial charge in [0.15, 0.2) is 0 Å². The van der Waals surface area contributed by atoms with E-state index < -0.39 is 0 Å². The van der Waals surface area contributed by atoms with Crippen molar-refractivity contribution in [2.45, 2.75) is 40.2 Å². The Bertz CT molecular complexity index is 547. The fraction of sp³-hybridized carbons (Fsp3) is 0.667. The minimum Gasteiger partial charge on any atom is -0.471 e. The zero-order valence-electron chi connectivity index (χ0n) is 14.9. The maximum Gasteiger partial charge on any atom is 0.255 e. The van der Waals surface area contributed by atoms with Crippen molar-refractivity contribution in [3.05, 3.63) is 22.8 Å². The molecule has 0 aliphatic carbocycles. The summed E-state index contributed by atoms with van der Waals surface area (Å²) in [6.45, 7) is 11.1. The van der Waals surface area contributed by atoms with Gasteiger partial charge in [-0.3, -0.25) is 4.79 Å². The van der Waals surface area contributed by atoms with Crippen molar-refractivity contribution in [2.75, 3.05) is 26.3 Å². The summed E-state index contributed by atoms with van der Waals surface area (Å²) in [6, 6.07) is 1.65. The summed E-state index contributed by atoms with van der Waals surface area (Å²) in [5.74, 6) is 1.13. The average molecular weight is 355 g/mol. The van der Waals surface area contributed by atoms with Gasteiger partial charge < -0.3 is 14.4 Å². The molecule has 134 valence electrons. The summed E-state index contributed by atoms with van der Waals surface area (Å²) >= 11 is 6.27. The van der Waals surface area contributed by atoms with E-state index in [-0.39, 0.29) is 12.0 Å². The minimum absolute atomic E-state index is 0.0186. The molecular formula is C18H27ClN2O3. The Balaban J connectivity index is 2.11. The number of carbonyl (C=O) groups is 1. The number of halogens is 1. The van der Waals surface area contributed by atoms with E-state index in [1.54, 1.807) is 12.3 Å². The highest BCUT2D eigenvalue weighted by atomic mass is 35.5. The number of pyridine rings is 1. The van der Waals surface area contributed by atoms with Gasteiger partial charge in [-0.1, -0.05) is 39.3 Å². The molecule has 1 aromatic rings. The Morgan fingerprint density at radius 3 is 2.54 bits per heavy atom. The van der Waals surface area contributed by atoms with Crippen molar-refractivity contribution in [2.24, 2.45) is 11.8 Å². The summed E-state index contributed by atoms with van der Waals surface area (Å²) in [7, 11) is 0. The van der Waals surface area contributed by atoms with Crippen LogP contribution >= 0.6 is 11.6 Å². The molecule has 5 nitrogen and oxygen atoms in total. The van der Waals surface area contributed by atoms with Crippen LogP contribution < -0.4 is 4.74 Å². The van der Waals surface area contributed by atoms with Crippen LogP contribution in [0.2, 0.25) is 5.02 Å². The van der Waals surface area contributed by atoms with Gasteiger partial charge in [-0.15, -0.1) is 0 Å². The van der Waals surface area contributed by atoms with E-state index in [4.69, 9.17) is 21.1 Å². The van der Waals surface area contributed by atoms with Crippen molar-refractivity contribution < 1.29 is 14.3 Å². The Hall–Kier alpha value is -1.33. The Kier molecular flexibility index (Phi) is 6.87. The number of amides is 1. The van der Waals surface area contributed by atoms with Crippen molar-refractivity contribution in [1.82, 2.24) is 9.88 Å². The van der Waals surface area contributed by atoms with Gasteiger partial charge in [0.05, 0.1) is 18.8 Å². The highest BCUT2D eigenvalue weighted by Gasteiger charge is 2.22. The largest absolute Gasteiger partial charge is 0.471 e. The minimum atomic E-state index is -0.0393. The average Bonchev–Trinajstić information content (AvgIpc) is 3.00. The molecule has 1 atom stereocenters. The van der Waals surface area contributed by atoms with Crippen molar-refractivity contribution in [3.63, 3.8) is 0 Å². The molecule has 6 heteroatoms. The molecule has 1 aromatic heterocycles. The van der Waals surface area contributed by atoms with Crippen molar-refractivity contribution >= 4 is 17.5 Å². The molecule has 2 heterocycles. The molecule has 2 rings (SSSR count). The lowest BCUT2D eigenvalue weighted by atomic mass is 10.1. The van der Waals surface area contributed by atoms with E-state index in [1.165, 1.54) is 0 Å². The predicted molar refractivity (Wildman–Crippen MR) is 94.7 cm³/mol. The van der Waals surface area contributed by atoms with Crippen LogP contribution in [0.3, 0.4) is 0 Å². The van der Waals surface area contributed by atoms with Gasteiger partial charge in [0, 0.05) is 25.7 Å². The third-order valence-corrected chi connectivity index (χ3v) is 3.95. The Labute approximate surface area is 149 Å². The highest BCUT2D eigenvalue weighted by molar-refractivity contribution is 6.32. The van der Waals surface area contributed by atoms with Crippen molar-refractivity contribution in [1.29, 1.82) is 0 Å². The first kappa shape index (κ1) is 19.0. The topological polar surface area (TPSA) is 51.7 Å². The molecule has 0 saturated carbocycles. The van der Waals surface area contributed by atoms with E-state index in [2.05, 4.69) is 32.7 Å². The zero-order valence-corrected chi connectivity index (χ0v) is 15.7. The lowest BCUT2D eigenvalue weighted by Crippen LogP contribution is -2.37. The quantitative estimate of drug-likeness (QED) is 0.749. The number of hydrogen-bond donors (Lipinski definition) is 0. The molecule has 0 spiro atoms. The molecule has 0 bridgehead atoms. The second kappa shape index (κ2) is 8.67. The lowest BCUT2D eigenvalue weighted by molar-refractivity contribution is 0.0714. The molecule has 1 aliphatic heterocycles. The van der Waals surface area contributed by atoms with Crippen LogP contribution in [0.5, 0.6) is 5.88 Å². The van der Waals surface area contributed by atoms with Gasteiger partial charge in [0.1, 0.15) is 11.1 Å². The van der Waals surface area contributed by atoms with E-state index in [1.807, 2.05) is 4.90 Å². The van der Waals surface area contributed by atoms with Crippen molar-refractivity contribution in [3.8, 4) is 5.88 Å². The van der Waals surface area contributed by atoms with Crippen LogP contribution in [0.4, 0.5) is 0 Å². The third-order valence-electron chi connectivity index (χ3n) is 3.68. The normalized spacial score (nSPS) is 17.5. The summed E-state index contributed by atoms with van der Waals surface area (Å²) in [4.78, 5) is 18.9. The summed E-state index contributed by atoms with van der Waals surface area (Å²) in [5.41, 5.74) is 0.497. The highest BCUT2D eigenvalue weighted by Crippen LogP contribution is 2.26. The lowest BCUT2D eigenvalue weighted by Gasteiger charge is -2.26. The SMILES string of the molecule is CC(C)CN(CC(C)C)C(=O)c1cnc(OC2CCOC2)c(Cl)c1. The first-order chi connectivity index (χ1) is 11.4. The molecule has 0 aromatic carbocycles. The molecule has 1 unspecified atom stereocenters. The first-order valence-electron chi connectivity index (χ1n) is 8.56. The van der Waals surface area contributed by atoms with Gasteiger partial charge in [0.25, 0.3) is 5.91 Å². The van der Waals surface area contributed by atoms with E-state index >= 15 is 0 Å². The van der Waals surface area contributed by atoms with Crippen LogP contribution in [0.15, 0.2) is 12.3 Å². The van der Waals surface area contributed by atoms with E-state index in [0.717, 1.165) is 6.42 Å².